The maximum Gasteiger partial charge on any atom is 0.221 e. The van der Waals surface area contributed by atoms with Gasteiger partial charge in [-0.3, -0.25) is 0 Å². The molecule has 1 heterocycles. The molecule has 4 nitrogen and oxygen atoms in total. The number of aromatic nitrogens is 2. The molecule has 0 aliphatic heterocycles. The molecule has 0 radical (unpaired) electrons. The number of halogens is 2. The minimum absolute atomic E-state index is 0.143. The maximum atomic E-state index is 13.3. The van der Waals surface area contributed by atoms with Crippen LogP contribution in [0, 0.1) is 11.6 Å². The summed E-state index contributed by atoms with van der Waals surface area (Å²) in [7, 11) is 0. The zero-order valence-corrected chi connectivity index (χ0v) is 8.99. The lowest BCUT2D eigenvalue weighted by Gasteiger charge is -1.99. The van der Waals surface area contributed by atoms with Gasteiger partial charge in [0, 0.05) is 19.0 Å². The van der Waals surface area contributed by atoms with Gasteiger partial charge in [-0.25, -0.2) is 8.78 Å². The average Bonchev–Trinajstić information content (AvgIpc) is 2.71. The van der Waals surface area contributed by atoms with Crippen molar-refractivity contribution >= 4 is 0 Å². The first-order chi connectivity index (χ1) is 8.19. The third kappa shape index (κ3) is 2.85. The van der Waals surface area contributed by atoms with Gasteiger partial charge in [-0.2, -0.15) is 0 Å². The summed E-state index contributed by atoms with van der Waals surface area (Å²) in [5.41, 5.74) is 5.65. The molecule has 90 valence electrons. The Kier molecular flexibility index (Phi) is 3.43. The van der Waals surface area contributed by atoms with E-state index in [0.29, 0.717) is 30.3 Å². The fourth-order valence-electron chi connectivity index (χ4n) is 1.41. The van der Waals surface area contributed by atoms with Gasteiger partial charge in [-0.1, -0.05) is 6.07 Å². The molecule has 0 aliphatic rings. The molecule has 0 atom stereocenters. The summed E-state index contributed by atoms with van der Waals surface area (Å²) in [5.74, 6) is -0.520. The van der Waals surface area contributed by atoms with Crippen LogP contribution >= 0.6 is 0 Å². The van der Waals surface area contributed by atoms with Crippen LogP contribution in [-0.2, 0) is 12.8 Å². The van der Waals surface area contributed by atoms with E-state index in [2.05, 4.69) is 10.2 Å². The van der Waals surface area contributed by atoms with E-state index < -0.39 is 11.6 Å². The standard InChI is InChI=1S/C11H11F2N3O/c12-8-2-1-7(9(13)6-8)5-11-16-15-10(17-11)3-4-14/h1-2,6H,3-5,14H2. The van der Waals surface area contributed by atoms with Crippen molar-refractivity contribution in [2.24, 2.45) is 5.73 Å². The fraction of sp³-hybridized carbons (Fsp3) is 0.273. The van der Waals surface area contributed by atoms with Crippen LogP contribution in [0.1, 0.15) is 17.3 Å². The number of hydrogen-bond donors (Lipinski definition) is 1. The van der Waals surface area contributed by atoms with Gasteiger partial charge in [0.05, 0.1) is 6.42 Å². The molecule has 0 amide bonds. The van der Waals surface area contributed by atoms with Crippen LogP contribution in [0.25, 0.3) is 0 Å². The van der Waals surface area contributed by atoms with Crippen molar-refractivity contribution in [3.8, 4) is 0 Å². The number of hydrogen-bond acceptors (Lipinski definition) is 4. The zero-order chi connectivity index (χ0) is 12.3. The molecule has 2 N–H and O–H groups in total. The molecular formula is C11H11F2N3O. The van der Waals surface area contributed by atoms with Crippen LogP contribution in [0.5, 0.6) is 0 Å². The number of nitrogens with zero attached hydrogens (tertiary/aromatic N) is 2. The highest BCUT2D eigenvalue weighted by molar-refractivity contribution is 5.21. The SMILES string of the molecule is NCCc1nnc(Cc2ccc(F)cc2F)o1. The van der Waals surface area contributed by atoms with E-state index in [1.807, 2.05) is 0 Å². The van der Waals surface area contributed by atoms with Crippen LogP contribution in [0.15, 0.2) is 22.6 Å². The molecular weight excluding hydrogens is 228 g/mol. The summed E-state index contributed by atoms with van der Waals surface area (Å²) in [5, 5.41) is 7.52. The number of rotatable bonds is 4. The maximum absolute atomic E-state index is 13.3. The third-order valence-corrected chi connectivity index (χ3v) is 2.22. The minimum Gasteiger partial charge on any atom is -0.425 e. The van der Waals surface area contributed by atoms with Crippen LogP contribution in [-0.4, -0.2) is 16.7 Å². The molecule has 1 aromatic heterocycles. The molecule has 2 rings (SSSR count). The summed E-state index contributed by atoms with van der Waals surface area (Å²) in [6, 6.07) is 3.37. The van der Waals surface area contributed by atoms with Crippen molar-refractivity contribution in [1.29, 1.82) is 0 Å². The molecule has 0 bridgehead atoms. The first kappa shape index (κ1) is 11.7. The van der Waals surface area contributed by atoms with Gasteiger partial charge in [-0.15, -0.1) is 10.2 Å². The van der Waals surface area contributed by atoms with Crippen molar-refractivity contribution in [2.45, 2.75) is 12.8 Å². The van der Waals surface area contributed by atoms with E-state index in [0.717, 1.165) is 6.07 Å². The molecule has 1 aromatic carbocycles. The summed E-state index contributed by atoms with van der Waals surface area (Å²) >= 11 is 0. The van der Waals surface area contributed by atoms with E-state index in [9.17, 15) is 8.78 Å². The van der Waals surface area contributed by atoms with E-state index in [-0.39, 0.29) is 6.42 Å². The summed E-state index contributed by atoms with van der Waals surface area (Å²) < 4.78 is 31.3. The van der Waals surface area contributed by atoms with Crippen molar-refractivity contribution < 1.29 is 13.2 Å². The van der Waals surface area contributed by atoms with Crippen LogP contribution in [0.2, 0.25) is 0 Å². The number of nitrogens with two attached hydrogens (primary N) is 1. The molecule has 0 saturated heterocycles. The van der Waals surface area contributed by atoms with E-state index in [1.165, 1.54) is 12.1 Å². The smallest absolute Gasteiger partial charge is 0.221 e. The molecule has 0 unspecified atom stereocenters. The van der Waals surface area contributed by atoms with Gasteiger partial charge in [0.25, 0.3) is 0 Å². The highest BCUT2D eigenvalue weighted by atomic mass is 19.1. The Bertz CT molecular complexity index is 513. The average molecular weight is 239 g/mol. The van der Waals surface area contributed by atoms with Crippen molar-refractivity contribution in [1.82, 2.24) is 10.2 Å². The van der Waals surface area contributed by atoms with Crippen LogP contribution < -0.4 is 5.73 Å². The lowest BCUT2D eigenvalue weighted by molar-refractivity contribution is 0.455. The predicted octanol–water partition coefficient (Wildman–Crippen LogP) is 1.44. The fourth-order valence-corrected chi connectivity index (χ4v) is 1.41. The first-order valence-corrected chi connectivity index (χ1v) is 5.14. The Hall–Kier alpha value is -1.82. The predicted molar refractivity (Wildman–Crippen MR) is 56.2 cm³/mol. The first-order valence-electron chi connectivity index (χ1n) is 5.14. The van der Waals surface area contributed by atoms with Gasteiger partial charge in [0.1, 0.15) is 11.6 Å². The Morgan fingerprint density at radius 3 is 2.65 bits per heavy atom. The molecule has 0 spiro atoms. The second-order valence-corrected chi connectivity index (χ2v) is 3.54. The Balaban J connectivity index is 2.13. The second kappa shape index (κ2) is 5.01. The number of benzene rings is 1. The molecule has 2 aromatic rings. The Morgan fingerprint density at radius 2 is 1.94 bits per heavy atom. The van der Waals surface area contributed by atoms with E-state index in [1.54, 1.807) is 0 Å². The second-order valence-electron chi connectivity index (χ2n) is 3.54. The van der Waals surface area contributed by atoms with E-state index >= 15 is 0 Å². The van der Waals surface area contributed by atoms with Gasteiger partial charge in [0.2, 0.25) is 11.8 Å². The van der Waals surface area contributed by atoms with Gasteiger partial charge < -0.3 is 10.2 Å². The van der Waals surface area contributed by atoms with Crippen molar-refractivity contribution in [3.05, 3.63) is 47.2 Å². The quantitative estimate of drug-likeness (QED) is 0.876. The zero-order valence-electron chi connectivity index (χ0n) is 8.99. The highest BCUT2D eigenvalue weighted by Crippen LogP contribution is 2.14. The highest BCUT2D eigenvalue weighted by Gasteiger charge is 2.10. The molecule has 0 aliphatic carbocycles. The summed E-state index contributed by atoms with van der Waals surface area (Å²) in [4.78, 5) is 0. The Labute approximate surface area is 96.5 Å². The van der Waals surface area contributed by atoms with Gasteiger partial charge >= 0.3 is 0 Å². The van der Waals surface area contributed by atoms with Gasteiger partial charge in [0.15, 0.2) is 0 Å². The van der Waals surface area contributed by atoms with Gasteiger partial charge in [-0.05, 0) is 11.6 Å². The molecule has 0 fully saturated rings. The largest absolute Gasteiger partial charge is 0.425 e. The lowest BCUT2D eigenvalue weighted by Crippen LogP contribution is -2.02. The van der Waals surface area contributed by atoms with Crippen LogP contribution in [0.4, 0.5) is 8.78 Å². The monoisotopic (exact) mass is 239 g/mol. The lowest BCUT2D eigenvalue weighted by atomic mass is 10.1. The minimum atomic E-state index is -0.622. The third-order valence-electron chi connectivity index (χ3n) is 2.22. The summed E-state index contributed by atoms with van der Waals surface area (Å²) in [6.45, 7) is 0.409. The van der Waals surface area contributed by atoms with E-state index in [4.69, 9.17) is 10.2 Å². The molecule has 6 heteroatoms. The summed E-state index contributed by atoms with van der Waals surface area (Å²) in [6.07, 6.45) is 0.628. The van der Waals surface area contributed by atoms with Crippen LogP contribution in [0.3, 0.4) is 0 Å². The molecule has 17 heavy (non-hydrogen) atoms. The topological polar surface area (TPSA) is 64.9 Å². The van der Waals surface area contributed by atoms with Crippen molar-refractivity contribution in [3.63, 3.8) is 0 Å². The normalized spacial score (nSPS) is 10.8. The molecule has 0 saturated carbocycles. The Morgan fingerprint density at radius 1 is 1.18 bits per heavy atom. The van der Waals surface area contributed by atoms with Crippen molar-refractivity contribution in [2.75, 3.05) is 6.54 Å².